The van der Waals surface area contributed by atoms with Crippen LogP contribution < -0.4 is 5.32 Å². The highest BCUT2D eigenvalue weighted by Gasteiger charge is 2.35. The molecule has 1 N–H and O–H groups in total. The molecule has 1 saturated heterocycles. The van der Waals surface area contributed by atoms with Crippen LogP contribution in [0.4, 0.5) is 0 Å². The minimum Gasteiger partial charge on any atom is -0.352 e. The molecule has 0 aromatic heterocycles. The molecule has 0 spiro atoms. The van der Waals surface area contributed by atoms with Crippen LogP contribution in [0.25, 0.3) is 6.08 Å². The van der Waals surface area contributed by atoms with Crippen molar-refractivity contribution in [3.05, 3.63) is 41.0 Å². The van der Waals surface area contributed by atoms with Gasteiger partial charge in [0.1, 0.15) is 6.04 Å². The maximum atomic E-state index is 12.5. The molecule has 4 heteroatoms. The molecule has 0 bridgehead atoms. The summed E-state index contributed by atoms with van der Waals surface area (Å²) in [6.45, 7) is 4.76. The summed E-state index contributed by atoms with van der Waals surface area (Å²) in [5, 5.41) is 3.01. The van der Waals surface area contributed by atoms with Crippen molar-refractivity contribution in [2.24, 2.45) is 0 Å². The molecule has 1 saturated carbocycles. The van der Waals surface area contributed by atoms with Gasteiger partial charge in [-0.1, -0.05) is 23.8 Å². The van der Waals surface area contributed by atoms with Gasteiger partial charge in [-0.05, 0) is 56.7 Å². The fourth-order valence-electron chi connectivity index (χ4n) is 3.10. The van der Waals surface area contributed by atoms with Gasteiger partial charge in [-0.15, -0.1) is 0 Å². The Morgan fingerprint density at radius 3 is 2.70 bits per heavy atom. The van der Waals surface area contributed by atoms with Gasteiger partial charge in [0, 0.05) is 18.7 Å². The number of carbonyl (C=O) groups excluding carboxylic acids is 2. The SMILES string of the molecule is Cc1ccc(/C=C/C(=O)N2CCCC2C(=O)NC2CC2)c(C)c1. The quantitative estimate of drug-likeness (QED) is 0.869. The van der Waals surface area contributed by atoms with Crippen LogP contribution in [0.3, 0.4) is 0 Å². The van der Waals surface area contributed by atoms with Gasteiger partial charge in [0.2, 0.25) is 11.8 Å². The predicted octanol–water partition coefficient (Wildman–Crippen LogP) is 2.59. The summed E-state index contributed by atoms with van der Waals surface area (Å²) in [5.74, 6) is -0.0586. The molecule has 4 nitrogen and oxygen atoms in total. The average Bonchev–Trinajstić information content (AvgIpc) is 3.17. The number of carbonyl (C=O) groups is 2. The van der Waals surface area contributed by atoms with Gasteiger partial charge in [-0.25, -0.2) is 0 Å². The van der Waals surface area contributed by atoms with Crippen LogP contribution in [0.5, 0.6) is 0 Å². The van der Waals surface area contributed by atoms with E-state index < -0.39 is 0 Å². The Kier molecular flexibility index (Phi) is 4.51. The number of amides is 2. The van der Waals surface area contributed by atoms with E-state index in [4.69, 9.17) is 0 Å². The Balaban J connectivity index is 1.66. The Labute approximate surface area is 137 Å². The lowest BCUT2D eigenvalue weighted by molar-refractivity contribution is -0.135. The highest BCUT2D eigenvalue weighted by atomic mass is 16.2. The van der Waals surface area contributed by atoms with Gasteiger partial charge in [0.15, 0.2) is 0 Å². The molecule has 1 aromatic rings. The first-order chi connectivity index (χ1) is 11.0. The van der Waals surface area contributed by atoms with Gasteiger partial charge in [0.25, 0.3) is 0 Å². The molecule has 122 valence electrons. The zero-order valence-corrected chi connectivity index (χ0v) is 13.8. The van der Waals surface area contributed by atoms with Crippen LogP contribution in [-0.4, -0.2) is 35.3 Å². The molecule has 1 aliphatic carbocycles. The summed E-state index contributed by atoms with van der Waals surface area (Å²) in [7, 11) is 0. The molecule has 2 amide bonds. The van der Waals surface area contributed by atoms with Crippen LogP contribution in [0.2, 0.25) is 0 Å². The van der Waals surface area contributed by atoms with E-state index in [1.165, 1.54) is 5.56 Å². The van der Waals surface area contributed by atoms with Crippen molar-refractivity contribution >= 4 is 17.9 Å². The molecule has 2 aliphatic rings. The first kappa shape index (κ1) is 15.8. The topological polar surface area (TPSA) is 49.4 Å². The standard InChI is InChI=1S/C19H24N2O2/c1-13-5-6-15(14(2)12-13)7-10-18(22)21-11-3-4-17(21)19(23)20-16-8-9-16/h5-7,10,12,16-17H,3-4,8-9,11H2,1-2H3,(H,20,23)/b10-7+. The predicted molar refractivity (Wildman–Crippen MR) is 90.8 cm³/mol. The van der Waals surface area contributed by atoms with Crippen molar-refractivity contribution in [1.82, 2.24) is 10.2 Å². The van der Waals surface area contributed by atoms with E-state index in [0.717, 1.165) is 36.8 Å². The van der Waals surface area contributed by atoms with Crippen LogP contribution in [0.15, 0.2) is 24.3 Å². The summed E-state index contributed by atoms with van der Waals surface area (Å²) in [4.78, 5) is 26.4. The summed E-state index contributed by atoms with van der Waals surface area (Å²) < 4.78 is 0. The molecule has 1 aliphatic heterocycles. The minimum absolute atomic E-state index is 0.0123. The third-order valence-electron chi connectivity index (χ3n) is 4.59. The Morgan fingerprint density at radius 2 is 2.00 bits per heavy atom. The zero-order valence-electron chi connectivity index (χ0n) is 13.8. The van der Waals surface area contributed by atoms with Crippen LogP contribution in [-0.2, 0) is 9.59 Å². The van der Waals surface area contributed by atoms with Crippen LogP contribution in [0, 0.1) is 13.8 Å². The molecule has 23 heavy (non-hydrogen) atoms. The monoisotopic (exact) mass is 312 g/mol. The fourth-order valence-corrected chi connectivity index (χ4v) is 3.10. The number of rotatable bonds is 4. The maximum absolute atomic E-state index is 12.5. The van der Waals surface area contributed by atoms with Crippen molar-refractivity contribution in [1.29, 1.82) is 0 Å². The minimum atomic E-state index is -0.299. The van der Waals surface area contributed by atoms with Crippen molar-refractivity contribution in [3.8, 4) is 0 Å². The largest absolute Gasteiger partial charge is 0.352 e. The lowest BCUT2D eigenvalue weighted by Gasteiger charge is -2.22. The number of aryl methyl sites for hydroxylation is 2. The van der Waals surface area contributed by atoms with E-state index in [0.29, 0.717) is 12.6 Å². The lowest BCUT2D eigenvalue weighted by atomic mass is 10.1. The maximum Gasteiger partial charge on any atom is 0.247 e. The van der Waals surface area contributed by atoms with E-state index in [9.17, 15) is 9.59 Å². The second-order valence-corrected chi connectivity index (χ2v) is 6.67. The zero-order chi connectivity index (χ0) is 16.4. The molecule has 1 heterocycles. The Hall–Kier alpha value is -2.10. The molecule has 2 fully saturated rings. The highest BCUT2D eigenvalue weighted by molar-refractivity contribution is 5.96. The van der Waals surface area contributed by atoms with Gasteiger partial charge >= 0.3 is 0 Å². The van der Waals surface area contributed by atoms with Gasteiger partial charge < -0.3 is 10.2 Å². The number of nitrogens with zero attached hydrogens (tertiary/aromatic N) is 1. The van der Waals surface area contributed by atoms with Crippen molar-refractivity contribution < 1.29 is 9.59 Å². The summed E-state index contributed by atoms with van der Waals surface area (Å²) in [5.41, 5.74) is 3.41. The molecular weight excluding hydrogens is 288 g/mol. The van der Waals surface area contributed by atoms with Crippen LogP contribution in [0.1, 0.15) is 42.4 Å². The first-order valence-corrected chi connectivity index (χ1v) is 8.41. The summed E-state index contributed by atoms with van der Waals surface area (Å²) in [6.07, 6.45) is 7.25. The Morgan fingerprint density at radius 1 is 1.22 bits per heavy atom. The van der Waals surface area contributed by atoms with Crippen molar-refractivity contribution in [2.75, 3.05) is 6.54 Å². The number of likely N-dealkylation sites (tertiary alicyclic amines) is 1. The number of benzene rings is 1. The number of nitrogens with one attached hydrogen (secondary N) is 1. The third kappa shape index (κ3) is 3.81. The molecular formula is C19H24N2O2. The third-order valence-corrected chi connectivity index (χ3v) is 4.59. The van der Waals surface area contributed by atoms with Crippen molar-refractivity contribution in [3.63, 3.8) is 0 Å². The fraction of sp³-hybridized carbons (Fsp3) is 0.474. The molecule has 1 atom stereocenters. The van der Waals surface area contributed by atoms with Crippen LogP contribution >= 0.6 is 0 Å². The van der Waals surface area contributed by atoms with Gasteiger partial charge in [-0.2, -0.15) is 0 Å². The molecule has 1 aromatic carbocycles. The average molecular weight is 312 g/mol. The van der Waals surface area contributed by atoms with E-state index in [1.54, 1.807) is 11.0 Å². The summed E-state index contributed by atoms with van der Waals surface area (Å²) in [6, 6.07) is 6.21. The van der Waals surface area contributed by atoms with Gasteiger partial charge in [0.05, 0.1) is 0 Å². The first-order valence-electron chi connectivity index (χ1n) is 8.41. The number of hydrogen-bond donors (Lipinski definition) is 1. The second-order valence-electron chi connectivity index (χ2n) is 6.67. The van der Waals surface area contributed by atoms with E-state index in [1.807, 2.05) is 25.1 Å². The molecule has 1 unspecified atom stereocenters. The Bertz CT molecular complexity index is 647. The van der Waals surface area contributed by atoms with Crippen molar-refractivity contribution in [2.45, 2.75) is 51.6 Å². The molecule has 3 rings (SSSR count). The van der Waals surface area contributed by atoms with Gasteiger partial charge in [-0.3, -0.25) is 9.59 Å². The van der Waals surface area contributed by atoms with E-state index >= 15 is 0 Å². The normalized spacial score (nSPS) is 21.0. The lowest BCUT2D eigenvalue weighted by Crippen LogP contribution is -2.46. The smallest absolute Gasteiger partial charge is 0.247 e. The highest BCUT2D eigenvalue weighted by Crippen LogP contribution is 2.23. The molecule has 0 radical (unpaired) electrons. The summed E-state index contributed by atoms with van der Waals surface area (Å²) >= 11 is 0. The number of hydrogen-bond acceptors (Lipinski definition) is 2. The van der Waals surface area contributed by atoms with E-state index in [-0.39, 0.29) is 17.9 Å². The van der Waals surface area contributed by atoms with E-state index in [2.05, 4.69) is 18.3 Å². The second kappa shape index (κ2) is 6.57.